The van der Waals surface area contributed by atoms with Crippen molar-refractivity contribution >= 4 is 5.97 Å². The van der Waals surface area contributed by atoms with E-state index >= 15 is 0 Å². The lowest BCUT2D eigenvalue weighted by atomic mass is 9.83. The Kier molecular flexibility index (Phi) is 6.81. The first-order valence-corrected chi connectivity index (χ1v) is 13.2. The summed E-state index contributed by atoms with van der Waals surface area (Å²) in [7, 11) is 0. The van der Waals surface area contributed by atoms with Gasteiger partial charge in [-0.25, -0.2) is 0 Å². The van der Waals surface area contributed by atoms with Gasteiger partial charge in [-0.2, -0.15) is 0 Å². The van der Waals surface area contributed by atoms with Crippen molar-refractivity contribution in [2.75, 3.05) is 0 Å². The maximum Gasteiger partial charge on any atom is 0.308 e. The molecule has 0 fully saturated rings. The van der Waals surface area contributed by atoms with Crippen molar-refractivity contribution in [1.29, 1.82) is 0 Å². The number of rotatable bonds is 13. The largest absolute Gasteiger partial charge is 0.487 e. The third-order valence-electron chi connectivity index (χ3n) is 7.28. The zero-order valence-electron chi connectivity index (χ0n) is 31.2. The molecule has 0 saturated carbocycles. The standard InChI is InChI=1S/C31H52O3/c1-21(2)13-10-14-22(3)15-11-16-23(4)17-12-19-31(9)20-18-28-26(7)29(33-27(8)32)24(5)25(6)30(28)34-31/h21-23H,10-20H2,1-9H3/t22?,23?,31-/m0/s1/i5D3,6D3,7D3. The van der Waals surface area contributed by atoms with Crippen LogP contribution < -0.4 is 9.47 Å². The molecule has 1 aromatic carbocycles. The van der Waals surface area contributed by atoms with E-state index in [2.05, 4.69) is 27.7 Å². The van der Waals surface area contributed by atoms with Crippen LogP contribution in [0.15, 0.2) is 0 Å². The molecular formula is C31H52O3. The number of esters is 1. The summed E-state index contributed by atoms with van der Waals surface area (Å²) in [5.41, 5.74) is -2.61. The van der Waals surface area contributed by atoms with Gasteiger partial charge in [0.2, 0.25) is 0 Å². The second kappa shape index (κ2) is 13.0. The van der Waals surface area contributed by atoms with E-state index in [4.69, 9.17) is 21.8 Å². The van der Waals surface area contributed by atoms with Gasteiger partial charge in [-0.15, -0.1) is 0 Å². The van der Waals surface area contributed by atoms with Gasteiger partial charge >= 0.3 is 5.97 Å². The minimum atomic E-state index is -3.08. The fraction of sp³-hybridized carbons (Fsp3) is 0.774. The fourth-order valence-electron chi connectivity index (χ4n) is 5.02. The molecule has 0 amide bonds. The van der Waals surface area contributed by atoms with Crippen LogP contribution in [0.3, 0.4) is 0 Å². The van der Waals surface area contributed by atoms with E-state index in [1.165, 1.54) is 32.1 Å². The molecular weight excluding hydrogens is 420 g/mol. The van der Waals surface area contributed by atoms with Crippen molar-refractivity contribution in [1.82, 2.24) is 0 Å². The minimum absolute atomic E-state index is 0.0729. The molecule has 3 nitrogen and oxygen atoms in total. The van der Waals surface area contributed by atoms with Gasteiger partial charge in [0, 0.05) is 24.8 Å². The number of hydrogen-bond donors (Lipinski definition) is 0. The number of ether oxygens (including phenoxy) is 2. The van der Waals surface area contributed by atoms with E-state index < -0.39 is 54.6 Å². The molecule has 0 N–H and O–H groups in total. The van der Waals surface area contributed by atoms with E-state index in [0.717, 1.165) is 38.0 Å². The predicted molar refractivity (Wildman–Crippen MR) is 144 cm³/mol. The Bertz CT molecular complexity index is 1090. The van der Waals surface area contributed by atoms with Gasteiger partial charge in [-0.05, 0) is 87.6 Å². The first-order valence-electron chi connectivity index (χ1n) is 17.7. The topological polar surface area (TPSA) is 35.5 Å². The fourth-order valence-corrected chi connectivity index (χ4v) is 5.02. The van der Waals surface area contributed by atoms with E-state index in [9.17, 15) is 4.79 Å². The van der Waals surface area contributed by atoms with Gasteiger partial charge < -0.3 is 9.47 Å². The molecule has 1 aliphatic heterocycles. The van der Waals surface area contributed by atoms with Crippen molar-refractivity contribution in [3.63, 3.8) is 0 Å². The Morgan fingerprint density at radius 1 is 0.941 bits per heavy atom. The van der Waals surface area contributed by atoms with Crippen molar-refractivity contribution in [3.05, 3.63) is 22.3 Å². The number of benzene rings is 1. The second-order valence-corrected chi connectivity index (χ2v) is 11.3. The van der Waals surface area contributed by atoms with Crippen molar-refractivity contribution in [2.24, 2.45) is 17.8 Å². The summed E-state index contributed by atoms with van der Waals surface area (Å²) in [5.74, 6) is 0.129. The second-order valence-electron chi connectivity index (χ2n) is 11.3. The maximum absolute atomic E-state index is 12.0. The third-order valence-corrected chi connectivity index (χ3v) is 7.28. The highest BCUT2D eigenvalue weighted by Gasteiger charge is 2.34. The van der Waals surface area contributed by atoms with Crippen molar-refractivity contribution in [3.8, 4) is 11.5 Å². The molecule has 0 aliphatic carbocycles. The molecule has 3 atom stereocenters. The summed E-state index contributed by atoms with van der Waals surface area (Å²) < 4.78 is 85.2. The van der Waals surface area contributed by atoms with Gasteiger partial charge in [0.25, 0.3) is 0 Å². The van der Waals surface area contributed by atoms with Crippen LogP contribution in [0.4, 0.5) is 0 Å². The highest BCUT2D eigenvalue weighted by molar-refractivity contribution is 5.72. The quantitative estimate of drug-likeness (QED) is 0.208. The Labute approximate surface area is 223 Å². The molecule has 3 heteroatoms. The lowest BCUT2D eigenvalue weighted by Gasteiger charge is -2.38. The maximum atomic E-state index is 12.0. The van der Waals surface area contributed by atoms with Crippen LogP contribution in [0, 0.1) is 38.3 Å². The molecule has 0 saturated heterocycles. The van der Waals surface area contributed by atoms with Crippen LogP contribution in [0.1, 0.15) is 140 Å². The van der Waals surface area contributed by atoms with Crippen LogP contribution in [0.25, 0.3) is 0 Å². The SMILES string of the molecule is [2H]C([2H])([2H])c1c2c(c(C([2H])([2H])[2H])c(C([2H])([2H])[2H])c1OC(C)=O)O[C@@](C)(CCCC(C)CCCC(C)CCCC(C)C)CC2. The lowest BCUT2D eigenvalue weighted by Crippen LogP contribution is -2.37. The first kappa shape index (κ1) is 17.8. The van der Waals surface area contributed by atoms with Crippen LogP contribution in [-0.2, 0) is 11.2 Å². The first-order chi connectivity index (χ1) is 19.6. The van der Waals surface area contributed by atoms with E-state index in [0.29, 0.717) is 18.8 Å². The third kappa shape index (κ3) is 8.31. The molecule has 1 aromatic rings. The molecule has 2 unspecified atom stereocenters. The van der Waals surface area contributed by atoms with Gasteiger partial charge in [-0.1, -0.05) is 72.6 Å². The molecule has 0 radical (unpaired) electrons. The van der Waals surface area contributed by atoms with Crippen molar-refractivity contribution < 1.29 is 26.6 Å². The Morgan fingerprint density at radius 2 is 1.53 bits per heavy atom. The minimum Gasteiger partial charge on any atom is -0.487 e. The lowest BCUT2D eigenvalue weighted by molar-refractivity contribution is -0.132. The summed E-state index contributed by atoms with van der Waals surface area (Å²) in [4.78, 5) is 12.0. The molecule has 1 aliphatic rings. The molecule has 0 bridgehead atoms. The van der Waals surface area contributed by atoms with E-state index in [-0.39, 0.29) is 17.7 Å². The Balaban J connectivity index is 2.28. The van der Waals surface area contributed by atoms with Crippen LogP contribution in [-0.4, -0.2) is 11.6 Å². The average molecular weight is 482 g/mol. The van der Waals surface area contributed by atoms with Crippen molar-refractivity contribution in [2.45, 2.75) is 138 Å². The number of carbonyl (C=O) groups is 1. The molecule has 194 valence electrons. The van der Waals surface area contributed by atoms with E-state index in [1.54, 1.807) is 0 Å². The Morgan fingerprint density at radius 3 is 2.09 bits per heavy atom. The summed E-state index contributed by atoms with van der Waals surface area (Å²) >= 11 is 0. The highest BCUT2D eigenvalue weighted by atomic mass is 16.5. The van der Waals surface area contributed by atoms with Crippen LogP contribution >= 0.6 is 0 Å². The molecule has 0 aromatic heterocycles. The van der Waals surface area contributed by atoms with E-state index in [1.807, 2.05) is 6.92 Å². The summed E-state index contributed by atoms with van der Waals surface area (Å²) in [6.07, 6.45) is 10.4. The predicted octanol–water partition coefficient (Wildman–Crippen LogP) is 9.06. The zero-order valence-corrected chi connectivity index (χ0v) is 22.2. The summed E-state index contributed by atoms with van der Waals surface area (Å²) in [6.45, 7) is 3.08. The number of hydrogen-bond acceptors (Lipinski definition) is 3. The summed E-state index contributed by atoms with van der Waals surface area (Å²) in [6, 6.07) is 0. The number of carbonyl (C=O) groups excluding carboxylic acids is 1. The monoisotopic (exact) mass is 481 g/mol. The van der Waals surface area contributed by atoms with Crippen LogP contribution in [0.2, 0.25) is 0 Å². The smallest absolute Gasteiger partial charge is 0.308 e. The molecule has 1 heterocycles. The van der Waals surface area contributed by atoms with Gasteiger partial charge in [0.05, 0.1) is 0 Å². The average Bonchev–Trinajstić information content (AvgIpc) is 2.80. The van der Waals surface area contributed by atoms with Gasteiger partial charge in [0.15, 0.2) is 0 Å². The van der Waals surface area contributed by atoms with Gasteiger partial charge in [-0.3, -0.25) is 4.79 Å². The molecule has 0 spiro atoms. The van der Waals surface area contributed by atoms with Gasteiger partial charge in [0.1, 0.15) is 17.1 Å². The zero-order chi connectivity index (χ0) is 33.0. The highest BCUT2D eigenvalue weighted by Crippen LogP contribution is 2.45. The molecule has 2 rings (SSSR count). The number of fused-ring (bicyclic) bond motifs is 1. The van der Waals surface area contributed by atoms with Crippen LogP contribution in [0.5, 0.6) is 11.5 Å². The summed E-state index contributed by atoms with van der Waals surface area (Å²) in [5, 5.41) is 0. The molecule has 34 heavy (non-hydrogen) atoms. The normalized spacial score (nSPS) is 24.5. The Hall–Kier alpha value is -1.51.